The molecule has 0 amide bonds. The standard InChI is InChI=1S/C17H25NO3/c1-2-3-4-5-13-21-17(20)8-6-7-16(19)14-9-11-15(18)12-10-14/h6,8-12,17,20H,2-5,7,13,18H2,1H3. The van der Waals surface area contributed by atoms with Gasteiger partial charge in [0, 0.05) is 17.7 Å². The number of hydrogen-bond donors (Lipinski definition) is 2. The minimum Gasteiger partial charge on any atom is -0.399 e. The van der Waals surface area contributed by atoms with Crippen LogP contribution in [-0.4, -0.2) is 23.8 Å². The Labute approximate surface area is 126 Å². The van der Waals surface area contributed by atoms with Crippen molar-refractivity contribution in [1.29, 1.82) is 0 Å². The highest BCUT2D eigenvalue weighted by Gasteiger charge is 2.04. The number of Topliss-reactive ketones (excluding diaryl/α,β-unsaturated/α-hetero) is 1. The van der Waals surface area contributed by atoms with Crippen LogP contribution in [0.3, 0.4) is 0 Å². The number of hydrogen-bond acceptors (Lipinski definition) is 4. The van der Waals surface area contributed by atoms with E-state index in [0.717, 1.165) is 12.8 Å². The smallest absolute Gasteiger partial charge is 0.174 e. The molecule has 0 radical (unpaired) electrons. The number of unbranched alkanes of at least 4 members (excludes halogenated alkanes) is 3. The third-order valence-electron chi connectivity index (χ3n) is 3.12. The van der Waals surface area contributed by atoms with Gasteiger partial charge in [-0.25, -0.2) is 0 Å². The first kappa shape index (κ1) is 17.4. The Balaban J connectivity index is 2.23. The van der Waals surface area contributed by atoms with Gasteiger partial charge in [0.05, 0.1) is 6.61 Å². The van der Waals surface area contributed by atoms with Crippen molar-refractivity contribution in [3.8, 4) is 0 Å². The second-order valence-electron chi connectivity index (χ2n) is 5.00. The van der Waals surface area contributed by atoms with E-state index >= 15 is 0 Å². The molecule has 0 bridgehead atoms. The van der Waals surface area contributed by atoms with Crippen LogP contribution >= 0.6 is 0 Å². The maximum atomic E-state index is 11.9. The van der Waals surface area contributed by atoms with Crippen molar-refractivity contribution in [3.63, 3.8) is 0 Å². The predicted octanol–water partition coefficient (Wildman–Crippen LogP) is 3.31. The molecule has 116 valence electrons. The van der Waals surface area contributed by atoms with E-state index in [1.807, 2.05) is 0 Å². The fourth-order valence-corrected chi connectivity index (χ4v) is 1.87. The molecule has 0 aliphatic rings. The summed E-state index contributed by atoms with van der Waals surface area (Å²) in [7, 11) is 0. The minimum atomic E-state index is -0.939. The Kier molecular flexibility index (Phi) is 8.40. The van der Waals surface area contributed by atoms with E-state index in [-0.39, 0.29) is 12.2 Å². The Morgan fingerprint density at radius 3 is 2.67 bits per heavy atom. The third-order valence-corrected chi connectivity index (χ3v) is 3.12. The first-order valence-electron chi connectivity index (χ1n) is 7.48. The number of ether oxygens (including phenoxy) is 1. The summed E-state index contributed by atoms with van der Waals surface area (Å²) in [6.07, 6.45) is 6.86. The van der Waals surface area contributed by atoms with Crippen LogP contribution in [0.2, 0.25) is 0 Å². The lowest BCUT2D eigenvalue weighted by Crippen LogP contribution is -2.09. The summed E-state index contributed by atoms with van der Waals surface area (Å²) in [4.78, 5) is 11.9. The Bertz CT molecular complexity index is 440. The van der Waals surface area contributed by atoms with Crippen LogP contribution in [0, 0.1) is 0 Å². The molecule has 21 heavy (non-hydrogen) atoms. The molecule has 0 fully saturated rings. The first-order chi connectivity index (χ1) is 10.1. The molecule has 0 spiro atoms. The molecule has 1 aromatic carbocycles. The van der Waals surface area contributed by atoms with Crippen LogP contribution in [0.4, 0.5) is 5.69 Å². The van der Waals surface area contributed by atoms with Crippen LogP contribution in [0.1, 0.15) is 49.4 Å². The normalized spacial score (nSPS) is 12.7. The van der Waals surface area contributed by atoms with Gasteiger partial charge in [-0.1, -0.05) is 32.3 Å². The molecule has 0 aromatic heterocycles. The van der Waals surface area contributed by atoms with Gasteiger partial charge in [0.25, 0.3) is 0 Å². The molecule has 0 saturated carbocycles. The molecular weight excluding hydrogens is 266 g/mol. The number of anilines is 1. The largest absolute Gasteiger partial charge is 0.399 e. The molecule has 4 nitrogen and oxygen atoms in total. The fourth-order valence-electron chi connectivity index (χ4n) is 1.87. The number of aliphatic hydroxyl groups is 1. The number of ketones is 1. The van der Waals surface area contributed by atoms with Gasteiger partial charge in [0.1, 0.15) is 0 Å². The van der Waals surface area contributed by atoms with Gasteiger partial charge in [0.15, 0.2) is 12.1 Å². The summed E-state index contributed by atoms with van der Waals surface area (Å²) in [5.74, 6) is -0.0126. The van der Waals surface area contributed by atoms with E-state index < -0.39 is 6.29 Å². The number of nitrogen functional groups attached to an aromatic ring is 1. The second-order valence-corrected chi connectivity index (χ2v) is 5.00. The highest BCUT2D eigenvalue weighted by atomic mass is 16.6. The van der Waals surface area contributed by atoms with E-state index in [1.54, 1.807) is 30.3 Å². The topological polar surface area (TPSA) is 72.5 Å². The van der Waals surface area contributed by atoms with Crippen molar-refractivity contribution < 1.29 is 14.6 Å². The average molecular weight is 291 g/mol. The molecule has 1 rings (SSSR count). The lowest BCUT2D eigenvalue weighted by atomic mass is 10.1. The van der Waals surface area contributed by atoms with Gasteiger partial charge >= 0.3 is 0 Å². The van der Waals surface area contributed by atoms with Crippen molar-refractivity contribution in [3.05, 3.63) is 42.0 Å². The second kappa shape index (κ2) is 10.1. The number of carbonyl (C=O) groups is 1. The Hall–Kier alpha value is -1.65. The number of nitrogens with two attached hydrogens (primary N) is 1. The molecule has 4 heteroatoms. The number of allylic oxidation sites excluding steroid dienone is 1. The van der Waals surface area contributed by atoms with Gasteiger partial charge in [0.2, 0.25) is 0 Å². The summed E-state index contributed by atoms with van der Waals surface area (Å²) < 4.78 is 5.23. The zero-order valence-corrected chi connectivity index (χ0v) is 12.6. The highest BCUT2D eigenvalue weighted by molar-refractivity contribution is 5.97. The number of carbonyl (C=O) groups excluding carboxylic acids is 1. The summed E-state index contributed by atoms with van der Waals surface area (Å²) in [5, 5.41) is 9.59. The van der Waals surface area contributed by atoms with Crippen molar-refractivity contribution in [2.45, 2.75) is 45.3 Å². The number of aliphatic hydroxyl groups excluding tert-OH is 1. The Morgan fingerprint density at radius 1 is 1.29 bits per heavy atom. The van der Waals surface area contributed by atoms with Crippen LogP contribution < -0.4 is 5.73 Å². The SMILES string of the molecule is CCCCCCOC(O)C=CCC(=O)c1ccc(N)cc1. The Morgan fingerprint density at radius 2 is 2.00 bits per heavy atom. The molecule has 0 saturated heterocycles. The van der Waals surface area contributed by atoms with Crippen LogP contribution in [0.25, 0.3) is 0 Å². The minimum absolute atomic E-state index is 0.0126. The van der Waals surface area contributed by atoms with Crippen molar-refractivity contribution in [1.82, 2.24) is 0 Å². The van der Waals surface area contributed by atoms with Crippen molar-refractivity contribution in [2.75, 3.05) is 12.3 Å². The summed E-state index contributed by atoms with van der Waals surface area (Å²) in [6.45, 7) is 2.69. The van der Waals surface area contributed by atoms with Gasteiger partial charge in [-0.2, -0.15) is 0 Å². The van der Waals surface area contributed by atoms with E-state index in [9.17, 15) is 9.90 Å². The van der Waals surface area contributed by atoms with Gasteiger partial charge in [-0.3, -0.25) is 4.79 Å². The fraction of sp³-hybridized carbons (Fsp3) is 0.471. The summed E-state index contributed by atoms with van der Waals surface area (Å²) in [6, 6.07) is 6.80. The van der Waals surface area contributed by atoms with E-state index in [0.29, 0.717) is 17.9 Å². The number of benzene rings is 1. The van der Waals surface area contributed by atoms with Gasteiger partial charge in [-0.05, 0) is 36.8 Å². The quantitative estimate of drug-likeness (QED) is 0.228. The summed E-state index contributed by atoms with van der Waals surface area (Å²) in [5.41, 5.74) is 6.82. The first-order valence-corrected chi connectivity index (χ1v) is 7.48. The molecule has 0 aliphatic heterocycles. The number of rotatable bonds is 10. The maximum Gasteiger partial charge on any atom is 0.174 e. The van der Waals surface area contributed by atoms with Crippen molar-refractivity contribution >= 4 is 11.5 Å². The molecule has 3 N–H and O–H groups in total. The zero-order chi connectivity index (χ0) is 15.5. The monoisotopic (exact) mass is 291 g/mol. The lowest BCUT2D eigenvalue weighted by molar-refractivity contribution is -0.0651. The van der Waals surface area contributed by atoms with Gasteiger partial charge in [-0.15, -0.1) is 0 Å². The molecule has 1 aromatic rings. The van der Waals surface area contributed by atoms with Crippen molar-refractivity contribution in [2.24, 2.45) is 0 Å². The van der Waals surface area contributed by atoms with E-state index in [4.69, 9.17) is 10.5 Å². The molecule has 0 heterocycles. The predicted molar refractivity (Wildman–Crippen MR) is 85.0 cm³/mol. The van der Waals surface area contributed by atoms with Crippen LogP contribution in [0.15, 0.2) is 36.4 Å². The van der Waals surface area contributed by atoms with Crippen LogP contribution in [0.5, 0.6) is 0 Å². The summed E-state index contributed by atoms with van der Waals surface area (Å²) >= 11 is 0. The van der Waals surface area contributed by atoms with E-state index in [1.165, 1.54) is 18.9 Å². The molecular formula is C17H25NO3. The van der Waals surface area contributed by atoms with Crippen LogP contribution in [-0.2, 0) is 4.74 Å². The maximum absolute atomic E-state index is 11.9. The zero-order valence-electron chi connectivity index (χ0n) is 12.6. The third kappa shape index (κ3) is 7.63. The lowest BCUT2D eigenvalue weighted by Gasteiger charge is -2.07. The van der Waals surface area contributed by atoms with Gasteiger partial charge < -0.3 is 15.6 Å². The average Bonchev–Trinajstić information content (AvgIpc) is 2.47. The molecule has 0 aliphatic carbocycles. The van der Waals surface area contributed by atoms with E-state index in [2.05, 4.69) is 6.92 Å². The highest BCUT2D eigenvalue weighted by Crippen LogP contribution is 2.08. The molecule has 1 atom stereocenters. The molecule has 1 unspecified atom stereocenters.